The molecule has 0 fully saturated rings. The summed E-state index contributed by atoms with van der Waals surface area (Å²) >= 11 is 6.88. The van der Waals surface area contributed by atoms with E-state index in [1.165, 1.54) is 31.4 Å². The van der Waals surface area contributed by atoms with Crippen LogP contribution >= 0.6 is 22.9 Å². The quantitative estimate of drug-likeness (QED) is 0.407. The van der Waals surface area contributed by atoms with E-state index in [1.54, 1.807) is 34.9 Å². The van der Waals surface area contributed by atoms with Gasteiger partial charge in [0.15, 0.2) is 0 Å². The number of methoxy groups -OCH3 is 1. The van der Waals surface area contributed by atoms with Gasteiger partial charge >= 0.3 is 10.8 Å². The third kappa shape index (κ3) is 4.40. The molecule has 32 heavy (non-hydrogen) atoms. The molecule has 4 rings (SSSR count). The number of carbonyl (C=O) groups is 1. The van der Waals surface area contributed by atoms with Crippen LogP contribution in [0.1, 0.15) is 15.9 Å². The number of esters is 1. The summed E-state index contributed by atoms with van der Waals surface area (Å²) in [6.07, 6.45) is 0. The van der Waals surface area contributed by atoms with E-state index >= 15 is 0 Å². The standard InChI is InChI=1S/C22H17ClN2O5S2/c1-30-21(26)17-4-2-3-5-18(17)24-32(28,29)16-10-11-19-20(12-16)31-22(27)25(19)13-14-6-8-15(23)9-7-14/h2-12,24H,13H2,1H3. The molecule has 0 bridgehead atoms. The largest absolute Gasteiger partial charge is 0.465 e. The van der Waals surface area contributed by atoms with Crippen molar-refractivity contribution in [1.82, 2.24) is 4.57 Å². The molecule has 1 N–H and O–H groups in total. The van der Waals surface area contributed by atoms with Gasteiger partial charge in [-0.2, -0.15) is 0 Å². The molecule has 10 heteroatoms. The maximum atomic E-state index is 13.0. The molecule has 0 radical (unpaired) electrons. The highest BCUT2D eigenvalue weighted by Crippen LogP contribution is 2.26. The first-order valence-corrected chi connectivity index (χ1v) is 12.0. The third-order valence-electron chi connectivity index (χ3n) is 4.78. The second kappa shape index (κ2) is 8.78. The molecule has 3 aromatic carbocycles. The molecule has 164 valence electrons. The lowest BCUT2D eigenvalue weighted by Crippen LogP contribution is -2.16. The molecule has 0 unspecified atom stereocenters. The van der Waals surface area contributed by atoms with E-state index in [-0.39, 0.29) is 21.0 Å². The fourth-order valence-electron chi connectivity index (χ4n) is 3.20. The molecule has 1 heterocycles. The van der Waals surface area contributed by atoms with Crippen LogP contribution in [0.4, 0.5) is 5.69 Å². The predicted molar refractivity (Wildman–Crippen MR) is 125 cm³/mol. The third-order valence-corrected chi connectivity index (χ3v) is 7.34. The maximum absolute atomic E-state index is 13.0. The molecule has 0 aliphatic rings. The zero-order chi connectivity index (χ0) is 22.9. The Bertz CT molecular complexity index is 1470. The molecule has 4 aromatic rings. The van der Waals surface area contributed by atoms with E-state index in [1.807, 2.05) is 12.1 Å². The number of benzene rings is 3. The van der Waals surface area contributed by atoms with Gasteiger partial charge in [0.05, 0.1) is 40.0 Å². The second-order valence-corrected chi connectivity index (χ2v) is 9.96. The second-order valence-electron chi connectivity index (χ2n) is 6.85. The Morgan fingerprint density at radius 1 is 1.09 bits per heavy atom. The van der Waals surface area contributed by atoms with Crippen molar-refractivity contribution in [1.29, 1.82) is 0 Å². The summed E-state index contributed by atoms with van der Waals surface area (Å²) in [7, 11) is -2.79. The van der Waals surface area contributed by atoms with Gasteiger partial charge in [0.2, 0.25) is 0 Å². The minimum Gasteiger partial charge on any atom is -0.465 e. The topological polar surface area (TPSA) is 94.5 Å². The number of rotatable bonds is 6. The SMILES string of the molecule is COC(=O)c1ccccc1NS(=O)(=O)c1ccc2c(c1)sc(=O)n2Cc1ccc(Cl)cc1. The molecular weight excluding hydrogens is 472 g/mol. The number of nitrogens with zero attached hydrogens (tertiary/aromatic N) is 1. The highest BCUT2D eigenvalue weighted by atomic mass is 35.5. The summed E-state index contributed by atoms with van der Waals surface area (Å²) in [4.78, 5) is 24.3. The average molecular weight is 489 g/mol. The Kier molecular flexibility index (Phi) is 6.05. The van der Waals surface area contributed by atoms with Gasteiger partial charge in [-0.25, -0.2) is 13.2 Å². The number of aromatic nitrogens is 1. The number of hydrogen-bond donors (Lipinski definition) is 1. The number of thiazole rings is 1. The Hall–Kier alpha value is -3.14. The molecule has 0 amide bonds. The van der Waals surface area contributed by atoms with Gasteiger partial charge in [0, 0.05) is 5.02 Å². The van der Waals surface area contributed by atoms with Gasteiger partial charge < -0.3 is 4.74 Å². The number of sulfonamides is 1. The van der Waals surface area contributed by atoms with Crippen molar-refractivity contribution in [2.24, 2.45) is 0 Å². The van der Waals surface area contributed by atoms with Gasteiger partial charge in [-0.3, -0.25) is 14.1 Å². The molecule has 0 spiro atoms. The molecule has 0 saturated heterocycles. The summed E-state index contributed by atoms with van der Waals surface area (Å²) in [5, 5.41) is 0.604. The smallest absolute Gasteiger partial charge is 0.339 e. The van der Waals surface area contributed by atoms with Crippen molar-refractivity contribution in [3.05, 3.63) is 92.5 Å². The van der Waals surface area contributed by atoms with Crippen molar-refractivity contribution in [3.63, 3.8) is 0 Å². The van der Waals surface area contributed by atoms with E-state index in [2.05, 4.69) is 4.72 Å². The first-order chi connectivity index (χ1) is 15.3. The average Bonchev–Trinajstić information content (AvgIpc) is 3.09. The molecular formula is C22H17ClN2O5S2. The van der Waals surface area contributed by atoms with Gasteiger partial charge in [-0.1, -0.05) is 47.2 Å². The number of ether oxygens (including phenoxy) is 1. The minimum absolute atomic E-state index is 0.0236. The van der Waals surface area contributed by atoms with Crippen LogP contribution in [0.3, 0.4) is 0 Å². The van der Waals surface area contributed by atoms with E-state index < -0.39 is 16.0 Å². The van der Waals surface area contributed by atoms with Crippen molar-refractivity contribution in [2.45, 2.75) is 11.4 Å². The fourth-order valence-corrected chi connectivity index (χ4v) is 5.44. The van der Waals surface area contributed by atoms with Crippen LogP contribution in [0.15, 0.2) is 76.4 Å². The molecule has 7 nitrogen and oxygen atoms in total. The number of hydrogen-bond acceptors (Lipinski definition) is 6. The van der Waals surface area contributed by atoms with Crippen LogP contribution in [0.5, 0.6) is 0 Å². The molecule has 0 saturated carbocycles. The van der Waals surface area contributed by atoms with E-state index in [9.17, 15) is 18.0 Å². The normalized spacial score (nSPS) is 11.4. The lowest BCUT2D eigenvalue weighted by Gasteiger charge is -2.11. The van der Waals surface area contributed by atoms with Crippen LogP contribution in [0, 0.1) is 0 Å². The highest BCUT2D eigenvalue weighted by molar-refractivity contribution is 7.92. The fraction of sp³-hybridized carbons (Fsp3) is 0.0909. The molecule has 1 aromatic heterocycles. The van der Waals surface area contributed by atoms with Crippen molar-refractivity contribution < 1.29 is 17.9 Å². The van der Waals surface area contributed by atoms with E-state index in [0.29, 0.717) is 21.8 Å². The van der Waals surface area contributed by atoms with Crippen LogP contribution in [-0.4, -0.2) is 26.1 Å². The summed E-state index contributed by atoms with van der Waals surface area (Å²) in [5.74, 6) is -0.656. The number of anilines is 1. The minimum atomic E-state index is -4.01. The number of halogens is 1. The van der Waals surface area contributed by atoms with Crippen LogP contribution < -0.4 is 9.60 Å². The maximum Gasteiger partial charge on any atom is 0.339 e. The van der Waals surface area contributed by atoms with Crippen molar-refractivity contribution in [3.8, 4) is 0 Å². The number of para-hydroxylation sites is 1. The Morgan fingerprint density at radius 3 is 2.53 bits per heavy atom. The highest BCUT2D eigenvalue weighted by Gasteiger charge is 2.20. The van der Waals surface area contributed by atoms with Crippen LogP contribution in [0.2, 0.25) is 5.02 Å². The summed E-state index contributed by atoms with van der Waals surface area (Å²) < 4.78 is 35.2. The van der Waals surface area contributed by atoms with E-state index in [4.69, 9.17) is 16.3 Å². The zero-order valence-electron chi connectivity index (χ0n) is 16.7. The van der Waals surface area contributed by atoms with Crippen LogP contribution in [-0.2, 0) is 21.3 Å². The first-order valence-electron chi connectivity index (χ1n) is 9.36. The Labute approximate surface area is 192 Å². The predicted octanol–water partition coefficient (Wildman–Crippen LogP) is 4.35. The molecule has 0 atom stereocenters. The number of carbonyl (C=O) groups excluding carboxylic acids is 1. The van der Waals surface area contributed by atoms with Gasteiger partial charge in [-0.05, 0) is 48.0 Å². The first kappa shape index (κ1) is 22.1. The monoisotopic (exact) mass is 488 g/mol. The molecule has 0 aliphatic heterocycles. The lowest BCUT2D eigenvalue weighted by atomic mass is 10.2. The Balaban J connectivity index is 1.68. The Morgan fingerprint density at radius 2 is 1.81 bits per heavy atom. The van der Waals surface area contributed by atoms with Crippen molar-refractivity contribution >= 4 is 54.8 Å². The van der Waals surface area contributed by atoms with Crippen LogP contribution in [0.25, 0.3) is 10.2 Å². The van der Waals surface area contributed by atoms with Gasteiger partial charge in [-0.15, -0.1) is 0 Å². The zero-order valence-corrected chi connectivity index (χ0v) is 19.1. The number of fused-ring (bicyclic) bond motifs is 1. The van der Waals surface area contributed by atoms with Gasteiger partial charge in [0.25, 0.3) is 10.0 Å². The summed E-state index contributed by atoms with van der Waals surface area (Å²) in [6, 6.07) is 17.8. The number of nitrogens with one attached hydrogen (secondary N) is 1. The summed E-state index contributed by atoms with van der Waals surface area (Å²) in [5.41, 5.74) is 1.73. The van der Waals surface area contributed by atoms with Crippen molar-refractivity contribution in [2.75, 3.05) is 11.8 Å². The van der Waals surface area contributed by atoms with Gasteiger partial charge in [0.1, 0.15) is 0 Å². The lowest BCUT2D eigenvalue weighted by molar-refractivity contribution is 0.0602. The summed E-state index contributed by atoms with van der Waals surface area (Å²) in [6.45, 7) is 0.340. The molecule has 0 aliphatic carbocycles. The van der Waals surface area contributed by atoms with E-state index in [0.717, 1.165) is 16.9 Å².